The molecule has 1 heterocycles. The van der Waals surface area contributed by atoms with E-state index >= 15 is 0 Å². The van der Waals surface area contributed by atoms with Crippen molar-refractivity contribution in [1.82, 2.24) is 4.98 Å². The molecule has 33 heavy (non-hydrogen) atoms. The number of carbonyl (C=O) groups is 1. The molecule has 0 bridgehead atoms. The van der Waals surface area contributed by atoms with Crippen LogP contribution in [0.4, 0.5) is 26.3 Å². The third kappa shape index (κ3) is 5.79. The summed E-state index contributed by atoms with van der Waals surface area (Å²) in [7, 11) is 0. The molecule has 178 valence electrons. The summed E-state index contributed by atoms with van der Waals surface area (Å²) in [6.07, 6.45) is -12.0. The predicted octanol–water partition coefficient (Wildman–Crippen LogP) is 6.98. The van der Waals surface area contributed by atoms with Gasteiger partial charge >= 0.3 is 18.3 Å². The summed E-state index contributed by atoms with van der Waals surface area (Å²) in [4.78, 5) is 16.3. The summed E-state index contributed by atoms with van der Waals surface area (Å²) >= 11 is 5.23. The van der Waals surface area contributed by atoms with Gasteiger partial charge in [0.2, 0.25) is 12.0 Å². The maximum Gasteiger partial charge on any atom is 0.431 e. The van der Waals surface area contributed by atoms with Crippen LogP contribution in [0, 0.1) is 17.3 Å². The third-order valence-corrected chi connectivity index (χ3v) is 5.61. The molecule has 1 saturated carbocycles. The lowest BCUT2D eigenvalue weighted by atomic mass is 10.1. The van der Waals surface area contributed by atoms with Gasteiger partial charge in [-0.2, -0.15) is 26.3 Å². The van der Waals surface area contributed by atoms with Crippen molar-refractivity contribution in [2.24, 2.45) is 17.3 Å². The van der Waals surface area contributed by atoms with E-state index in [1.807, 2.05) is 0 Å². The van der Waals surface area contributed by atoms with Crippen molar-refractivity contribution in [3.05, 3.63) is 65.3 Å². The summed E-state index contributed by atoms with van der Waals surface area (Å²) in [6, 6.07) is 11.8. The lowest BCUT2D eigenvalue weighted by Gasteiger charge is -2.21. The summed E-state index contributed by atoms with van der Waals surface area (Å²) < 4.78 is 89.5. The average molecular weight is 494 g/mol. The van der Waals surface area contributed by atoms with Crippen molar-refractivity contribution in [2.45, 2.75) is 32.3 Å². The Kier molecular flexibility index (Phi) is 6.70. The molecule has 0 N–H and O–H groups in total. The monoisotopic (exact) mass is 493 g/mol. The highest BCUT2D eigenvalue weighted by Gasteiger charge is 2.63. The topological polar surface area (TPSA) is 48.4 Å². The predicted molar refractivity (Wildman–Crippen MR) is 106 cm³/mol. The van der Waals surface area contributed by atoms with Crippen molar-refractivity contribution in [3.63, 3.8) is 0 Å². The number of pyridine rings is 1. The molecule has 0 radical (unpaired) electrons. The van der Waals surface area contributed by atoms with Crippen LogP contribution in [0.2, 0.25) is 0 Å². The molecule has 3 rings (SSSR count). The number of benzene rings is 1. The van der Waals surface area contributed by atoms with Gasteiger partial charge in [-0.15, -0.1) is 0 Å². The minimum absolute atomic E-state index is 0.159. The maximum absolute atomic E-state index is 13.7. The van der Waals surface area contributed by atoms with Gasteiger partial charge in [-0.3, -0.25) is 4.79 Å². The zero-order chi connectivity index (χ0) is 24.6. The highest BCUT2D eigenvalue weighted by Crippen LogP contribution is 2.61. The lowest BCUT2D eigenvalue weighted by molar-refractivity contribution is -0.226. The van der Waals surface area contributed by atoms with Crippen LogP contribution in [0.25, 0.3) is 0 Å². The molecule has 0 spiro atoms. The molecule has 1 aromatic carbocycles. The van der Waals surface area contributed by atoms with E-state index in [9.17, 15) is 31.1 Å². The molecule has 0 saturated heterocycles. The van der Waals surface area contributed by atoms with Crippen molar-refractivity contribution in [2.75, 3.05) is 0 Å². The van der Waals surface area contributed by atoms with Crippen LogP contribution in [0.3, 0.4) is 0 Å². The Hall–Kier alpha value is -2.75. The second-order valence-corrected chi connectivity index (χ2v) is 8.42. The van der Waals surface area contributed by atoms with Crippen molar-refractivity contribution >= 4 is 17.6 Å². The van der Waals surface area contributed by atoms with E-state index < -0.39 is 52.4 Å². The van der Waals surface area contributed by atoms with Crippen LogP contribution in [-0.2, 0) is 9.53 Å². The fraction of sp³-hybridized carbons (Fsp3) is 0.364. The SMILES string of the molecule is CC1(C)[C@H](C(=O)O[C@@H](c2cccc(Oc3ccccc3)n2)C(F)(F)F)[C@@H]1C=C(Cl)C(F)(F)F. The van der Waals surface area contributed by atoms with Gasteiger partial charge in [-0.1, -0.05) is 55.8 Å². The number of para-hydroxylation sites is 1. The molecule has 4 nitrogen and oxygen atoms in total. The van der Waals surface area contributed by atoms with Gasteiger partial charge in [0.15, 0.2) is 0 Å². The van der Waals surface area contributed by atoms with Crippen LogP contribution >= 0.6 is 11.6 Å². The Balaban J connectivity index is 1.81. The molecule has 0 amide bonds. The number of alkyl halides is 6. The molecule has 0 aliphatic heterocycles. The zero-order valence-corrected chi connectivity index (χ0v) is 18.0. The molecule has 1 fully saturated rings. The average Bonchev–Trinajstić information content (AvgIpc) is 3.25. The van der Waals surface area contributed by atoms with E-state index in [1.165, 1.54) is 26.0 Å². The first-order valence-electron chi connectivity index (χ1n) is 9.63. The standard InChI is InChI=1S/C22H18ClF6NO3/c1-20(2)13(11-15(23)21(24,25)26)17(20)19(31)33-18(22(27,28)29)14-9-6-10-16(30-14)32-12-7-4-3-5-8-12/h3-11,13,17-18H,1-2H3/t13-,17-,18-/m0/s1. The van der Waals surface area contributed by atoms with E-state index in [0.717, 1.165) is 6.07 Å². The molecule has 3 atom stereocenters. The Labute approximate surface area is 190 Å². The van der Waals surface area contributed by atoms with Crippen molar-refractivity contribution in [3.8, 4) is 11.6 Å². The van der Waals surface area contributed by atoms with Gasteiger partial charge in [0.25, 0.3) is 0 Å². The first kappa shape index (κ1) is 24.9. The highest BCUT2D eigenvalue weighted by molar-refractivity contribution is 6.30. The van der Waals surface area contributed by atoms with Crippen LogP contribution < -0.4 is 4.74 Å². The number of halogens is 7. The second-order valence-electron chi connectivity index (χ2n) is 8.01. The van der Waals surface area contributed by atoms with Crippen LogP contribution in [0.5, 0.6) is 11.6 Å². The molecule has 1 aromatic heterocycles. The third-order valence-electron chi connectivity index (χ3n) is 5.27. The summed E-state index contributed by atoms with van der Waals surface area (Å²) in [5.41, 5.74) is -1.70. The molecule has 2 aromatic rings. The number of hydrogen-bond acceptors (Lipinski definition) is 4. The van der Waals surface area contributed by atoms with Gasteiger partial charge in [0.05, 0.1) is 11.6 Å². The van der Waals surface area contributed by atoms with Crippen LogP contribution in [0.1, 0.15) is 25.6 Å². The molecular weight excluding hydrogens is 476 g/mol. The fourth-order valence-corrected chi connectivity index (χ4v) is 3.55. The van der Waals surface area contributed by atoms with Gasteiger partial charge in [-0.05, 0) is 29.5 Å². The minimum atomic E-state index is -5.03. The molecule has 0 unspecified atom stereocenters. The number of aromatic nitrogens is 1. The summed E-state index contributed by atoms with van der Waals surface area (Å²) in [5.74, 6) is -3.39. The lowest BCUT2D eigenvalue weighted by Crippen LogP contribution is -2.28. The number of carbonyl (C=O) groups excluding carboxylic acids is 1. The van der Waals surface area contributed by atoms with Gasteiger partial charge < -0.3 is 9.47 Å². The first-order valence-corrected chi connectivity index (χ1v) is 10.0. The van der Waals surface area contributed by atoms with Gasteiger partial charge in [0.1, 0.15) is 10.8 Å². The zero-order valence-electron chi connectivity index (χ0n) is 17.2. The summed E-state index contributed by atoms with van der Waals surface area (Å²) in [5, 5.41) is -1.45. The quantitative estimate of drug-likeness (QED) is 0.322. The number of nitrogens with zero attached hydrogens (tertiary/aromatic N) is 1. The van der Waals surface area contributed by atoms with E-state index in [1.54, 1.807) is 30.3 Å². The Bertz CT molecular complexity index is 1040. The molecule has 11 heteroatoms. The number of esters is 1. The smallest absolute Gasteiger partial charge is 0.431 e. The normalized spacial score (nSPS) is 21.3. The van der Waals surface area contributed by atoms with E-state index in [0.29, 0.717) is 11.8 Å². The number of rotatable bonds is 6. The number of allylic oxidation sites excluding steroid dienone is 2. The van der Waals surface area contributed by atoms with E-state index in [-0.39, 0.29) is 5.88 Å². The Morgan fingerprint density at radius 1 is 1.06 bits per heavy atom. The molecular formula is C22H18ClF6NO3. The van der Waals surface area contributed by atoms with Crippen molar-refractivity contribution in [1.29, 1.82) is 0 Å². The molecule has 1 aliphatic carbocycles. The Morgan fingerprint density at radius 2 is 1.70 bits per heavy atom. The van der Waals surface area contributed by atoms with Crippen molar-refractivity contribution < 1.29 is 40.6 Å². The number of hydrogen-bond donors (Lipinski definition) is 0. The van der Waals surface area contributed by atoms with E-state index in [2.05, 4.69) is 4.98 Å². The highest BCUT2D eigenvalue weighted by atomic mass is 35.5. The summed E-state index contributed by atoms with van der Waals surface area (Å²) in [6.45, 7) is 2.88. The minimum Gasteiger partial charge on any atom is -0.446 e. The number of ether oxygens (including phenoxy) is 2. The Morgan fingerprint density at radius 3 is 2.27 bits per heavy atom. The van der Waals surface area contributed by atoms with Crippen LogP contribution in [0.15, 0.2) is 59.6 Å². The second kappa shape index (κ2) is 8.89. The first-order chi connectivity index (χ1) is 15.2. The van der Waals surface area contributed by atoms with E-state index in [4.69, 9.17) is 21.1 Å². The maximum atomic E-state index is 13.7. The van der Waals surface area contributed by atoms with Gasteiger partial charge in [0, 0.05) is 6.07 Å². The fourth-order valence-electron chi connectivity index (χ4n) is 3.42. The van der Waals surface area contributed by atoms with Crippen LogP contribution in [-0.4, -0.2) is 23.3 Å². The van der Waals surface area contributed by atoms with Gasteiger partial charge in [-0.25, -0.2) is 4.98 Å². The molecule has 1 aliphatic rings. The largest absolute Gasteiger partial charge is 0.446 e.